The summed E-state index contributed by atoms with van der Waals surface area (Å²) in [4.78, 5) is 17.1. The molecule has 1 fully saturated rings. The quantitative estimate of drug-likeness (QED) is 0.783. The fourth-order valence-electron chi connectivity index (χ4n) is 3.17. The van der Waals surface area contributed by atoms with Crippen molar-refractivity contribution in [2.24, 2.45) is 5.41 Å². The van der Waals surface area contributed by atoms with E-state index in [4.69, 9.17) is 13.9 Å². The van der Waals surface area contributed by atoms with Gasteiger partial charge in [-0.3, -0.25) is 4.79 Å². The number of thioether (sulfide) groups is 2. The second-order valence-electron chi connectivity index (χ2n) is 5.48. The Balaban J connectivity index is 2.08. The number of oxazole rings is 1. The van der Waals surface area contributed by atoms with E-state index in [0.717, 1.165) is 23.5 Å². The SMILES string of the molecule is COC(=O)C1(C)C(c2nc(C)c(OC)o2)=CCC12SCCS2. The third-order valence-corrected chi connectivity index (χ3v) is 8.26. The van der Waals surface area contributed by atoms with Crippen molar-refractivity contribution >= 4 is 35.1 Å². The number of methoxy groups -OCH3 is 2. The molecule has 120 valence electrons. The lowest BCUT2D eigenvalue weighted by atomic mass is 9.82. The molecule has 1 unspecified atom stereocenters. The van der Waals surface area contributed by atoms with E-state index in [0.29, 0.717) is 17.5 Å². The predicted molar refractivity (Wildman–Crippen MR) is 88.2 cm³/mol. The second-order valence-corrected chi connectivity index (χ2v) is 8.53. The predicted octanol–water partition coefficient (Wildman–Crippen LogP) is 3.13. The zero-order chi connectivity index (χ0) is 16.0. The van der Waals surface area contributed by atoms with E-state index >= 15 is 0 Å². The summed E-state index contributed by atoms with van der Waals surface area (Å²) in [5.74, 6) is 2.66. The highest BCUT2D eigenvalue weighted by Crippen LogP contribution is 2.65. The number of allylic oxidation sites excluding steroid dienone is 1. The van der Waals surface area contributed by atoms with Crippen molar-refractivity contribution in [3.8, 4) is 5.95 Å². The Labute approximate surface area is 138 Å². The monoisotopic (exact) mass is 341 g/mol. The Bertz CT molecular complexity index is 633. The van der Waals surface area contributed by atoms with Gasteiger partial charge < -0.3 is 13.9 Å². The highest BCUT2D eigenvalue weighted by molar-refractivity contribution is 8.21. The molecular formula is C15H19NO4S2. The number of nitrogens with zero attached hydrogens (tertiary/aromatic N) is 1. The molecule has 0 aromatic carbocycles. The molecule has 0 amide bonds. The van der Waals surface area contributed by atoms with Gasteiger partial charge in [-0.25, -0.2) is 4.98 Å². The van der Waals surface area contributed by atoms with Gasteiger partial charge in [0.25, 0.3) is 0 Å². The Kier molecular flexibility index (Phi) is 3.97. The minimum atomic E-state index is -0.782. The second kappa shape index (κ2) is 5.53. The minimum Gasteiger partial charge on any atom is -0.468 e. The summed E-state index contributed by atoms with van der Waals surface area (Å²) in [5, 5.41) is 0. The van der Waals surface area contributed by atoms with Gasteiger partial charge >= 0.3 is 11.9 Å². The molecule has 1 atom stereocenters. The smallest absolute Gasteiger partial charge is 0.318 e. The zero-order valence-corrected chi connectivity index (χ0v) is 14.7. The Hall–Kier alpha value is -1.08. The van der Waals surface area contributed by atoms with Gasteiger partial charge in [0.1, 0.15) is 11.1 Å². The highest BCUT2D eigenvalue weighted by atomic mass is 32.2. The third kappa shape index (κ3) is 2.01. The number of carbonyl (C=O) groups is 1. The van der Waals surface area contributed by atoms with Gasteiger partial charge in [-0.05, 0) is 20.3 Å². The Morgan fingerprint density at radius 3 is 2.59 bits per heavy atom. The van der Waals surface area contributed by atoms with Crippen LogP contribution in [0.4, 0.5) is 0 Å². The van der Waals surface area contributed by atoms with Crippen LogP contribution in [0.3, 0.4) is 0 Å². The molecule has 0 N–H and O–H groups in total. The molecule has 1 aromatic heterocycles. The first-order chi connectivity index (χ1) is 10.5. The fourth-order valence-corrected chi connectivity index (χ4v) is 6.69. The van der Waals surface area contributed by atoms with Crippen LogP contribution in [0.5, 0.6) is 5.95 Å². The molecule has 1 aliphatic heterocycles. The molecule has 0 bridgehead atoms. The van der Waals surface area contributed by atoms with Gasteiger partial charge in [0.15, 0.2) is 0 Å². The maximum Gasteiger partial charge on any atom is 0.318 e. The summed E-state index contributed by atoms with van der Waals surface area (Å²) in [6, 6.07) is 0. The largest absolute Gasteiger partial charge is 0.468 e. The molecule has 1 aromatic rings. The van der Waals surface area contributed by atoms with Crippen LogP contribution in [0.2, 0.25) is 0 Å². The maximum atomic E-state index is 12.7. The molecule has 5 nitrogen and oxygen atoms in total. The summed E-state index contributed by atoms with van der Waals surface area (Å²) in [7, 11) is 2.98. The Morgan fingerprint density at radius 1 is 1.36 bits per heavy atom. The topological polar surface area (TPSA) is 61.6 Å². The van der Waals surface area contributed by atoms with Crippen LogP contribution in [0.1, 0.15) is 24.9 Å². The number of carbonyl (C=O) groups excluding carboxylic acids is 1. The minimum absolute atomic E-state index is 0.231. The first-order valence-corrected chi connectivity index (χ1v) is 9.04. The van der Waals surface area contributed by atoms with Crippen molar-refractivity contribution in [3.05, 3.63) is 17.7 Å². The maximum absolute atomic E-state index is 12.7. The van der Waals surface area contributed by atoms with Crippen LogP contribution in [0.25, 0.3) is 5.57 Å². The summed E-state index contributed by atoms with van der Waals surface area (Å²) >= 11 is 3.65. The lowest BCUT2D eigenvalue weighted by molar-refractivity contribution is -0.148. The van der Waals surface area contributed by atoms with Crippen molar-refractivity contribution in [1.29, 1.82) is 0 Å². The van der Waals surface area contributed by atoms with Gasteiger partial charge in [-0.1, -0.05) is 6.08 Å². The van der Waals surface area contributed by atoms with Crippen LogP contribution in [0.15, 0.2) is 10.5 Å². The summed E-state index contributed by atoms with van der Waals surface area (Å²) in [5.41, 5.74) is 0.696. The van der Waals surface area contributed by atoms with E-state index in [9.17, 15) is 4.79 Å². The van der Waals surface area contributed by atoms with E-state index < -0.39 is 5.41 Å². The van der Waals surface area contributed by atoms with E-state index in [-0.39, 0.29) is 10.0 Å². The number of hydrogen-bond acceptors (Lipinski definition) is 7. The van der Waals surface area contributed by atoms with Gasteiger partial charge in [0.2, 0.25) is 5.89 Å². The molecule has 3 rings (SSSR count). The molecule has 1 aliphatic carbocycles. The molecule has 7 heteroatoms. The van der Waals surface area contributed by atoms with E-state index in [2.05, 4.69) is 11.1 Å². The molecule has 0 saturated carbocycles. The standard InChI is InChI=1S/C15H19NO4S2/c1-9-12(18-3)20-11(16-9)10-5-6-15(21-7-8-22-15)14(10,2)13(17)19-4/h5H,6-8H2,1-4H3. The van der Waals surface area contributed by atoms with Crippen molar-refractivity contribution in [2.45, 2.75) is 24.3 Å². The average molecular weight is 341 g/mol. The van der Waals surface area contributed by atoms with E-state index in [1.807, 2.05) is 37.4 Å². The van der Waals surface area contributed by atoms with Crippen LogP contribution < -0.4 is 4.74 Å². The number of ether oxygens (including phenoxy) is 2. The van der Waals surface area contributed by atoms with Crippen molar-refractivity contribution in [1.82, 2.24) is 4.98 Å². The normalized spacial score (nSPS) is 26.3. The van der Waals surface area contributed by atoms with E-state index in [1.165, 1.54) is 7.11 Å². The van der Waals surface area contributed by atoms with E-state index in [1.54, 1.807) is 7.11 Å². The summed E-state index contributed by atoms with van der Waals surface area (Å²) in [6.07, 6.45) is 2.86. The van der Waals surface area contributed by atoms with Crippen LogP contribution in [-0.2, 0) is 9.53 Å². The zero-order valence-electron chi connectivity index (χ0n) is 13.1. The van der Waals surface area contributed by atoms with Crippen LogP contribution in [-0.4, -0.2) is 40.8 Å². The van der Waals surface area contributed by atoms with Crippen molar-refractivity contribution < 1.29 is 18.7 Å². The van der Waals surface area contributed by atoms with Crippen molar-refractivity contribution in [2.75, 3.05) is 25.7 Å². The molecular weight excluding hydrogens is 322 g/mol. The first kappa shape index (κ1) is 15.8. The number of esters is 1. The van der Waals surface area contributed by atoms with Crippen LogP contribution >= 0.6 is 23.5 Å². The number of aryl methyl sites for hydroxylation is 1. The Morgan fingerprint density at radius 2 is 2.05 bits per heavy atom. The molecule has 22 heavy (non-hydrogen) atoms. The summed E-state index contributed by atoms with van der Waals surface area (Å²) < 4.78 is 15.8. The lowest BCUT2D eigenvalue weighted by Gasteiger charge is -2.38. The van der Waals surface area contributed by atoms with Gasteiger partial charge in [0, 0.05) is 17.1 Å². The fraction of sp³-hybridized carbons (Fsp3) is 0.600. The molecule has 1 spiro atoms. The van der Waals surface area contributed by atoms with Crippen LogP contribution in [0, 0.1) is 12.3 Å². The van der Waals surface area contributed by atoms with Gasteiger partial charge in [-0.2, -0.15) is 0 Å². The third-order valence-electron chi connectivity index (χ3n) is 4.39. The number of hydrogen-bond donors (Lipinski definition) is 0. The van der Waals surface area contributed by atoms with Gasteiger partial charge in [-0.15, -0.1) is 23.5 Å². The van der Waals surface area contributed by atoms with Crippen molar-refractivity contribution in [3.63, 3.8) is 0 Å². The highest BCUT2D eigenvalue weighted by Gasteiger charge is 2.62. The molecule has 2 heterocycles. The molecule has 2 aliphatic rings. The number of aromatic nitrogens is 1. The average Bonchev–Trinajstić information content (AvgIpc) is 3.20. The first-order valence-electron chi connectivity index (χ1n) is 7.07. The van der Waals surface area contributed by atoms with Gasteiger partial charge in [0.05, 0.1) is 18.3 Å². The molecule has 0 radical (unpaired) electrons. The lowest BCUT2D eigenvalue weighted by Crippen LogP contribution is -2.44. The number of rotatable bonds is 3. The molecule has 1 saturated heterocycles. The summed E-state index contributed by atoms with van der Waals surface area (Å²) in [6.45, 7) is 3.76.